The zero-order valence-corrected chi connectivity index (χ0v) is 22.8. The van der Waals surface area contributed by atoms with Crippen LogP contribution in [0.2, 0.25) is 0 Å². The molecule has 4 rings (SSSR count). The van der Waals surface area contributed by atoms with Crippen LogP contribution in [0, 0.1) is 0 Å². The van der Waals surface area contributed by atoms with Gasteiger partial charge in [-0.15, -0.1) is 37.9 Å². The lowest BCUT2D eigenvalue weighted by Gasteiger charge is -2.32. The van der Waals surface area contributed by atoms with Gasteiger partial charge in [-0.1, -0.05) is 6.07 Å². The summed E-state index contributed by atoms with van der Waals surface area (Å²) in [7, 11) is 3.58. The summed E-state index contributed by atoms with van der Waals surface area (Å²) in [6.07, 6.45) is 5.41. The van der Waals surface area contributed by atoms with E-state index in [9.17, 15) is 4.79 Å². The van der Waals surface area contributed by atoms with Gasteiger partial charge in [-0.3, -0.25) is 14.4 Å². The van der Waals surface area contributed by atoms with Crippen LogP contribution in [-0.2, 0) is 0 Å². The highest BCUT2D eigenvalue weighted by Crippen LogP contribution is 2.28. The Morgan fingerprint density at radius 3 is 2.67 bits per heavy atom. The molecule has 1 aliphatic rings. The van der Waals surface area contributed by atoms with Gasteiger partial charge in [0, 0.05) is 54.3 Å². The highest BCUT2D eigenvalue weighted by molar-refractivity contribution is 8.16. The highest BCUT2D eigenvalue weighted by Gasteiger charge is 2.23. The summed E-state index contributed by atoms with van der Waals surface area (Å²) in [5, 5.41) is 3.90. The molecule has 3 N–H and O–H groups in total. The summed E-state index contributed by atoms with van der Waals surface area (Å²) in [6, 6.07) is 11.0. The largest absolute Gasteiger partial charge is 0.478 e. The van der Waals surface area contributed by atoms with Gasteiger partial charge in [0.15, 0.2) is 9.18 Å². The molecular weight excluding hydrogens is 513 g/mol. The van der Waals surface area contributed by atoms with Crippen molar-refractivity contribution in [3.63, 3.8) is 0 Å². The maximum atomic E-state index is 14.0. The Balaban J connectivity index is 1.95. The molecule has 8 nitrogen and oxygen atoms in total. The van der Waals surface area contributed by atoms with Crippen molar-refractivity contribution in [2.24, 2.45) is 4.99 Å². The Morgan fingerprint density at radius 2 is 2.00 bits per heavy atom. The number of aromatic nitrogens is 2. The van der Waals surface area contributed by atoms with Gasteiger partial charge in [-0.2, -0.15) is 4.98 Å². The second-order valence-corrected chi connectivity index (χ2v) is 11.3. The average Bonchev–Trinajstić information content (AvgIpc) is 2.81. The van der Waals surface area contributed by atoms with Gasteiger partial charge >= 0.3 is 0 Å². The Kier molecular flexibility index (Phi) is 7.62. The predicted molar refractivity (Wildman–Crippen MR) is 158 cm³/mol. The number of nitrogens with one attached hydrogen (secondary N) is 1. The topological polar surface area (TPSA) is 97.8 Å². The van der Waals surface area contributed by atoms with E-state index >= 15 is 0 Å². The van der Waals surface area contributed by atoms with E-state index in [4.69, 9.17) is 10.5 Å². The van der Waals surface area contributed by atoms with Gasteiger partial charge in [0.2, 0.25) is 5.88 Å². The van der Waals surface area contributed by atoms with Crippen LogP contribution in [0.25, 0.3) is 27.9 Å². The number of anilines is 1. The van der Waals surface area contributed by atoms with Crippen LogP contribution in [0.4, 0.5) is 5.69 Å². The molecule has 0 radical (unpaired) electrons. The third-order valence-corrected chi connectivity index (χ3v) is 5.95. The standard InChI is InChI=1S/C25H28N6O2S3/c1-4-33-22-10-6-16-12-19(15-5-8-20(26)17(11-15)13-27-2)24(32)31(23(16)28-22)18-7-9-21(30(3)14-18)29-25(34,35)36/h5-13,29,34-36H,4,14,26H2,1-3H3. The van der Waals surface area contributed by atoms with Crippen LogP contribution < -0.4 is 21.3 Å². The zero-order chi connectivity index (χ0) is 26.0. The third kappa shape index (κ3) is 5.53. The van der Waals surface area contributed by atoms with E-state index in [-0.39, 0.29) is 5.56 Å². The molecule has 11 heteroatoms. The van der Waals surface area contributed by atoms with Crippen LogP contribution in [0.1, 0.15) is 12.5 Å². The van der Waals surface area contributed by atoms with Crippen molar-refractivity contribution in [2.45, 2.75) is 10.5 Å². The summed E-state index contributed by atoms with van der Waals surface area (Å²) in [5.74, 6) is 1.21. The number of pyridine rings is 2. The number of benzene rings is 1. The molecule has 3 aromatic rings. The molecule has 0 saturated heterocycles. The molecule has 1 aromatic carbocycles. The Morgan fingerprint density at radius 1 is 1.22 bits per heavy atom. The SMILES string of the molecule is CCOc1ccc2cc(-c3ccc(N)c(C=NC)c3)c(=O)n(C3=CC=C(NC(S)(S)S)N(C)C3)c2n1. The van der Waals surface area contributed by atoms with Crippen LogP contribution in [0.3, 0.4) is 0 Å². The lowest BCUT2D eigenvalue weighted by atomic mass is 10.0. The van der Waals surface area contributed by atoms with E-state index in [1.165, 1.54) is 0 Å². The summed E-state index contributed by atoms with van der Waals surface area (Å²) in [4.78, 5) is 24.7. The van der Waals surface area contributed by atoms with E-state index in [1.807, 2.05) is 55.3 Å². The van der Waals surface area contributed by atoms with Crippen molar-refractivity contribution in [1.29, 1.82) is 0 Å². The summed E-state index contributed by atoms with van der Waals surface area (Å²) >= 11 is 12.9. The number of nitrogens with two attached hydrogens (primary N) is 1. The molecule has 0 atom stereocenters. The molecule has 0 saturated carbocycles. The molecule has 36 heavy (non-hydrogen) atoms. The average molecular weight is 541 g/mol. The van der Waals surface area contributed by atoms with Gasteiger partial charge < -0.3 is 20.7 Å². The summed E-state index contributed by atoms with van der Waals surface area (Å²) in [5.41, 5.74) is 9.75. The monoisotopic (exact) mass is 540 g/mol. The molecular formula is C25H28N6O2S3. The number of hydrogen-bond donors (Lipinski definition) is 5. The molecule has 0 aliphatic carbocycles. The first-order chi connectivity index (χ1) is 17.1. The number of hydrogen-bond acceptors (Lipinski definition) is 10. The third-order valence-electron chi connectivity index (χ3n) is 5.61. The number of fused-ring (bicyclic) bond motifs is 1. The molecule has 0 bridgehead atoms. The second-order valence-electron chi connectivity index (χ2n) is 8.25. The van der Waals surface area contributed by atoms with Crippen molar-refractivity contribution >= 4 is 66.5 Å². The minimum absolute atomic E-state index is 0.204. The van der Waals surface area contributed by atoms with Crippen LogP contribution in [-0.4, -0.2) is 51.4 Å². The molecule has 0 unspecified atom stereocenters. The molecule has 0 spiro atoms. The molecule has 2 aromatic heterocycles. The van der Waals surface area contributed by atoms with Crippen molar-refractivity contribution in [3.05, 3.63) is 70.3 Å². The fourth-order valence-electron chi connectivity index (χ4n) is 4.00. The predicted octanol–water partition coefficient (Wildman–Crippen LogP) is 3.71. The number of nitrogen functional groups attached to an aromatic ring is 1. The number of likely N-dealkylation sites (N-methyl/N-ethyl adjacent to an activating group) is 1. The van der Waals surface area contributed by atoms with Gasteiger partial charge in [0.05, 0.1) is 13.2 Å². The summed E-state index contributed by atoms with van der Waals surface area (Å²) < 4.78 is 6.26. The fraction of sp³-hybridized carbons (Fsp3) is 0.240. The number of allylic oxidation sites excluding steroid dienone is 2. The quantitative estimate of drug-likeness (QED) is 0.136. The van der Waals surface area contributed by atoms with Gasteiger partial charge in [-0.25, -0.2) is 0 Å². The van der Waals surface area contributed by atoms with Crippen LogP contribution >= 0.6 is 37.9 Å². The minimum atomic E-state index is -1.00. The van der Waals surface area contributed by atoms with E-state index in [2.05, 4.69) is 53.2 Å². The lowest BCUT2D eigenvalue weighted by molar-refractivity contribution is 0.328. The fourth-order valence-corrected chi connectivity index (χ4v) is 4.34. The first-order valence-corrected chi connectivity index (χ1v) is 12.5. The van der Waals surface area contributed by atoms with Crippen molar-refractivity contribution in [3.8, 4) is 17.0 Å². The number of ether oxygens (including phenoxy) is 1. The van der Waals surface area contributed by atoms with Crippen LogP contribution in [0.15, 0.2) is 64.2 Å². The van der Waals surface area contributed by atoms with Gasteiger partial charge in [0.1, 0.15) is 5.82 Å². The zero-order valence-electron chi connectivity index (χ0n) is 20.1. The molecule has 0 fully saturated rings. The highest BCUT2D eigenvalue weighted by atomic mass is 32.2. The van der Waals surface area contributed by atoms with Crippen molar-refractivity contribution in [2.75, 3.05) is 33.0 Å². The normalized spacial score (nSPS) is 14.2. The molecule has 1 aliphatic heterocycles. The van der Waals surface area contributed by atoms with Crippen LogP contribution in [0.5, 0.6) is 5.88 Å². The van der Waals surface area contributed by atoms with Gasteiger partial charge in [0.25, 0.3) is 5.56 Å². The van der Waals surface area contributed by atoms with E-state index in [1.54, 1.807) is 30.0 Å². The number of aliphatic imine (C=N–C) groups is 1. The Hall–Kier alpha value is -3.02. The molecule has 3 heterocycles. The first-order valence-electron chi connectivity index (χ1n) is 11.2. The number of thiol groups is 3. The molecule has 0 amide bonds. The summed E-state index contributed by atoms with van der Waals surface area (Å²) in [6.45, 7) is 2.79. The maximum Gasteiger partial charge on any atom is 0.264 e. The number of nitrogens with zero attached hydrogens (tertiary/aromatic N) is 4. The van der Waals surface area contributed by atoms with E-state index < -0.39 is 3.54 Å². The smallest absolute Gasteiger partial charge is 0.264 e. The number of rotatable bonds is 7. The van der Waals surface area contributed by atoms with E-state index in [0.717, 1.165) is 28.0 Å². The first kappa shape index (κ1) is 26.1. The maximum absolute atomic E-state index is 14.0. The van der Waals surface area contributed by atoms with E-state index in [0.29, 0.717) is 35.9 Å². The molecule has 188 valence electrons. The van der Waals surface area contributed by atoms with Crippen molar-refractivity contribution in [1.82, 2.24) is 19.8 Å². The van der Waals surface area contributed by atoms with Crippen molar-refractivity contribution < 1.29 is 4.74 Å². The minimum Gasteiger partial charge on any atom is -0.478 e. The van der Waals surface area contributed by atoms with Gasteiger partial charge in [-0.05, 0) is 48.9 Å². The Labute approximate surface area is 226 Å². The second kappa shape index (κ2) is 10.5. The Bertz CT molecular complexity index is 1460. The lowest BCUT2D eigenvalue weighted by Crippen LogP contribution is -2.39.